The van der Waals surface area contributed by atoms with Crippen molar-refractivity contribution in [1.29, 1.82) is 0 Å². The van der Waals surface area contributed by atoms with E-state index in [-0.39, 0.29) is 0 Å². The Hall–Kier alpha value is -0.340. The molecule has 1 aromatic heterocycles. The molecule has 1 heterocycles. The number of thiophene rings is 1. The smallest absolute Gasteiger partial charge is 0.0115 e. The standard InChI is InChI=1S/C7H9NS/c8-7-3-6(7)5-1-2-9-4-5/h1-2,4,6-7H,3,8H2/t6-,7-/m0/s1. The molecule has 1 fully saturated rings. The molecule has 1 saturated carbocycles. The summed E-state index contributed by atoms with van der Waals surface area (Å²) in [4.78, 5) is 0. The van der Waals surface area contributed by atoms with Gasteiger partial charge in [0, 0.05) is 12.0 Å². The Balaban J connectivity index is 2.18. The summed E-state index contributed by atoms with van der Waals surface area (Å²) in [5.74, 6) is 0.691. The van der Waals surface area contributed by atoms with Gasteiger partial charge in [-0.25, -0.2) is 0 Å². The Bertz CT molecular complexity index is 193. The predicted octanol–water partition coefficient (Wildman–Crippen LogP) is 1.56. The van der Waals surface area contributed by atoms with Crippen LogP contribution in [0.15, 0.2) is 16.8 Å². The number of nitrogens with two attached hydrogens (primary N) is 1. The van der Waals surface area contributed by atoms with Crippen molar-refractivity contribution in [2.24, 2.45) is 5.73 Å². The van der Waals surface area contributed by atoms with Crippen molar-refractivity contribution in [3.05, 3.63) is 22.4 Å². The van der Waals surface area contributed by atoms with Crippen LogP contribution in [0.3, 0.4) is 0 Å². The van der Waals surface area contributed by atoms with E-state index >= 15 is 0 Å². The van der Waals surface area contributed by atoms with Gasteiger partial charge in [0.2, 0.25) is 0 Å². The summed E-state index contributed by atoms with van der Waals surface area (Å²) in [6.07, 6.45) is 1.19. The normalized spacial score (nSPS) is 32.6. The molecule has 0 unspecified atom stereocenters. The second-order valence-corrected chi connectivity index (χ2v) is 3.34. The van der Waals surface area contributed by atoms with E-state index in [2.05, 4.69) is 16.8 Å². The SMILES string of the molecule is N[C@H]1C[C@H]1c1ccsc1. The molecule has 0 saturated heterocycles. The van der Waals surface area contributed by atoms with Gasteiger partial charge < -0.3 is 5.73 Å². The van der Waals surface area contributed by atoms with Crippen LogP contribution < -0.4 is 5.73 Å². The largest absolute Gasteiger partial charge is 0.327 e. The molecule has 0 spiro atoms. The van der Waals surface area contributed by atoms with Gasteiger partial charge in [-0.05, 0) is 28.8 Å². The lowest BCUT2D eigenvalue weighted by molar-refractivity contribution is 0.995. The topological polar surface area (TPSA) is 26.0 Å². The van der Waals surface area contributed by atoms with Gasteiger partial charge in [0.1, 0.15) is 0 Å². The molecule has 1 nitrogen and oxygen atoms in total. The van der Waals surface area contributed by atoms with Crippen LogP contribution in [-0.2, 0) is 0 Å². The van der Waals surface area contributed by atoms with Crippen LogP contribution in [0.4, 0.5) is 0 Å². The molecule has 1 aliphatic rings. The van der Waals surface area contributed by atoms with Crippen LogP contribution in [0.2, 0.25) is 0 Å². The maximum Gasteiger partial charge on any atom is 0.0115 e. The minimum atomic E-state index is 0.458. The van der Waals surface area contributed by atoms with Crippen molar-refractivity contribution in [3.63, 3.8) is 0 Å². The maximum absolute atomic E-state index is 5.66. The van der Waals surface area contributed by atoms with Gasteiger partial charge in [0.25, 0.3) is 0 Å². The predicted molar refractivity (Wildman–Crippen MR) is 39.7 cm³/mol. The molecule has 2 N–H and O–H groups in total. The third kappa shape index (κ3) is 0.884. The summed E-state index contributed by atoms with van der Waals surface area (Å²) in [6.45, 7) is 0. The first-order valence-electron chi connectivity index (χ1n) is 3.15. The molecule has 2 atom stereocenters. The average molecular weight is 139 g/mol. The van der Waals surface area contributed by atoms with Crippen LogP contribution in [0.25, 0.3) is 0 Å². The molecule has 1 aromatic rings. The lowest BCUT2D eigenvalue weighted by Gasteiger charge is -1.86. The molecule has 0 radical (unpaired) electrons. The second kappa shape index (κ2) is 1.82. The zero-order chi connectivity index (χ0) is 6.27. The van der Waals surface area contributed by atoms with Gasteiger partial charge in [-0.1, -0.05) is 0 Å². The van der Waals surface area contributed by atoms with Crippen molar-refractivity contribution in [2.45, 2.75) is 18.4 Å². The van der Waals surface area contributed by atoms with E-state index in [0.29, 0.717) is 12.0 Å². The van der Waals surface area contributed by atoms with Gasteiger partial charge in [0.15, 0.2) is 0 Å². The molecular formula is C7H9NS. The van der Waals surface area contributed by atoms with Crippen LogP contribution >= 0.6 is 11.3 Å². The van der Waals surface area contributed by atoms with Gasteiger partial charge in [0.05, 0.1) is 0 Å². The molecule has 48 valence electrons. The highest BCUT2D eigenvalue weighted by atomic mass is 32.1. The molecule has 2 rings (SSSR count). The molecule has 0 amide bonds. The van der Waals surface area contributed by atoms with Crippen molar-refractivity contribution in [3.8, 4) is 0 Å². The summed E-state index contributed by atoms with van der Waals surface area (Å²) in [6, 6.07) is 2.63. The van der Waals surface area contributed by atoms with Crippen molar-refractivity contribution < 1.29 is 0 Å². The summed E-state index contributed by atoms with van der Waals surface area (Å²) in [5.41, 5.74) is 7.10. The van der Waals surface area contributed by atoms with Crippen LogP contribution in [0.1, 0.15) is 17.9 Å². The average Bonchev–Trinajstić information content (AvgIpc) is 2.44. The van der Waals surface area contributed by atoms with Crippen molar-refractivity contribution in [2.75, 3.05) is 0 Å². The summed E-state index contributed by atoms with van der Waals surface area (Å²) in [5, 5.41) is 4.30. The highest BCUT2D eigenvalue weighted by molar-refractivity contribution is 7.08. The fraction of sp³-hybridized carbons (Fsp3) is 0.429. The van der Waals surface area contributed by atoms with E-state index in [9.17, 15) is 0 Å². The van der Waals surface area contributed by atoms with Gasteiger partial charge >= 0.3 is 0 Å². The third-order valence-corrected chi connectivity index (χ3v) is 2.51. The third-order valence-electron chi connectivity index (χ3n) is 1.81. The van der Waals surface area contributed by atoms with E-state index in [4.69, 9.17) is 5.73 Å². The minimum absolute atomic E-state index is 0.458. The Morgan fingerprint density at radius 2 is 2.44 bits per heavy atom. The molecule has 2 heteroatoms. The van der Waals surface area contributed by atoms with E-state index < -0.39 is 0 Å². The van der Waals surface area contributed by atoms with Crippen LogP contribution in [-0.4, -0.2) is 6.04 Å². The van der Waals surface area contributed by atoms with E-state index in [1.165, 1.54) is 12.0 Å². The molecule has 9 heavy (non-hydrogen) atoms. The first-order chi connectivity index (χ1) is 4.38. The van der Waals surface area contributed by atoms with Crippen LogP contribution in [0.5, 0.6) is 0 Å². The molecule has 1 aliphatic carbocycles. The van der Waals surface area contributed by atoms with Gasteiger partial charge in [-0.2, -0.15) is 11.3 Å². The molecule has 0 bridgehead atoms. The fourth-order valence-electron chi connectivity index (χ4n) is 1.08. The monoisotopic (exact) mass is 139 g/mol. The fourth-order valence-corrected chi connectivity index (χ4v) is 1.81. The molecule has 0 aliphatic heterocycles. The summed E-state index contributed by atoms with van der Waals surface area (Å²) in [7, 11) is 0. The number of hydrogen-bond donors (Lipinski definition) is 1. The van der Waals surface area contributed by atoms with Gasteiger partial charge in [-0.15, -0.1) is 0 Å². The Morgan fingerprint density at radius 1 is 1.67 bits per heavy atom. The summed E-state index contributed by atoms with van der Waals surface area (Å²) < 4.78 is 0. The van der Waals surface area contributed by atoms with Crippen LogP contribution in [0, 0.1) is 0 Å². The second-order valence-electron chi connectivity index (χ2n) is 2.56. The lowest BCUT2D eigenvalue weighted by atomic mass is 10.2. The molecular weight excluding hydrogens is 130 g/mol. The zero-order valence-electron chi connectivity index (χ0n) is 5.08. The van der Waals surface area contributed by atoms with E-state index in [0.717, 1.165) is 0 Å². The Morgan fingerprint density at radius 3 is 2.89 bits per heavy atom. The Labute approximate surface area is 58.5 Å². The highest BCUT2D eigenvalue weighted by Crippen LogP contribution is 2.39. The molecule has 0 aromatic carbocycles. The lowest BCUT2D eigenvalue weighted by Crippen LogP contribution is -1.99. The number of rotatable bonds is 1. The summed E-state index contributed by atoms with van der Waals surface area (Å²) >= 11 is 1.75. The first-order valence-corrected chi connectivity index (χ1v) is 4.10. The highest BCUT2D eigenvalue weighted by Gasteiger charge is 2.34. The first kappa shape index (κ1) is 5.45. The Kier molecular flexibility index (Phi) is 1.10. The van der Waals surface area contributed by atoms with E-state index in [1.807, 2.05) is 0 Å². The van der Waals surface area contributed by atoms with Crippen molar-refractivity contribution >= 4 is 11.3 Å². The quantitative estimate of drug-likeness (QED) is 0.628. The van der Waals surface area contributed by atoms with Gasteiger partial charge in [-0.3, -0.25) is 0 Å². The van der Waals surface area contributed by atoms with Crippen molar-refractivity contribution in [1.82, 2.24) is 0 Å². The minimum Gasteiger partial charge on any atom is -0.327 e. The zero-order valence-corrected chi connectivity index (χ0v) is 5.90. The maximum atomic E-state index is 5.66. The number of hydrogen-bond acceptors (Lipinski definition) is 2. The van der Waals surface area contributed by atoms with E-state index in [1.54, 1.807) is 11.3 Å².